The van der Waals surface area contributed by atoms with Crippen molar-refractivity contribution in [2.75, 3.05) is 6.54 Å². The number of para-hydroxylation sites is 1. The second kappa shape index (κ2) is 8.65. The number of rotatable bonds is 6. The van der Waals surface area contributed by atoms with Gasteiger partial charge in [-0.1, -0.05) is 48.5 Å². The Hall–Kier alpha value is -3.21. The van der Waals surface area contributed by atoms with Crippen molar-refractivity contribution in [1.82, 2.24) is 10.3 Å². The molecule has 144 valence electrons. The third kappa shape index (κ3) is 4.36. The van der Waals surface area contributed by atoms with Gasteiger partial charge in [0.1, 0.15) is 0 Å². The van der Waals surface area contributed by atoms with Gasteiger partial charge in [0, 0.05) is 11.9 Å². The van der Waals surface area contributed by atoms with Gasteiger partial charge in [-0.3, -0.25) is 9.78 Å². The highest BCUT2D eigenvalue weighted by molar-refractivity contribution is 5.99. The first kappa shape index (κ1) is 19.5. The molecular formula is C23H24N2O3. The Kier molecular flexibility index (Phi) is 6.04. The summed E-state index contributed by atoms with van der Waals surface area (Å²) in [5, 5.41) is 3.72. The number of aryl methyl sites for hydroxylation is 2. The molecular weight excluding hydrogens is 352 g/mol. The van der Waals surface area contributed by atoms with Crippen molar-refractivity contribution in [2.45, 2.75) is 33.3 Å². The van der Waals surface area contributed by atoms with Crippen LogP contribution in [0.2, 0.25) is 0 Å². The number of ether oxygens (including phenoxy) is 1. The molecule has 1 heterocycles. The van der Waals surface area contributed by atoms with Crippen LogP contribution in [0.3, 0.4) is 0 Å². The minimum Gasteiger partial charge on any atom is -0.449 e. The first-order valence-electron chi connectivity index (χ1n) is 9.36. The maximum atomic E-state index is 12.7. The van der Waals surface area contributed by atoms with E-state index in [0.717, 1.165) is 28.5 Å². The van der Waals surface area contributed by atoms with Crippen LogP contribution in [0.25, 0.3) is 10.9 Å². The fourth-order valence-electron chi connectivity index (χ4n) is 3.22. The van der Waals surface area contributed by atoms with Crippen LogP contribution >= 0.6 is 0 Å². The van der Waals surface area contributed by atoms with Gasteiger partial charge in [0.05, 0.1) is 16.8 Å². The molecule has 0 spiro atoms. The minimum absolute atomic E-state index is 0.312. The van der Waals surface area contributed by atoms with E-state index in [0.29, 0.717) is 17.8 Å². The summed E-state index contributed by atoms with van der Waals surface area (Å²) >= 11 is 0. The van der Waals surface area contributed by atoms with Gasteiger partial charge < -0.3 is 10.1 Å². The Morgan fingerprint density at radius 1 is 1.04 bits per heavy atom. The Balaban J connectivity index is 1.64. The summed E-state index contributed by atoms with van der Waals surface area (Å²) in [6.45, 7) is 5.72. The predicted octanol–water partition coefficient (Wildman–Crippen LogP) is 3.76. The van der Waals surface area contributed by atoms with Crippen LogP contribution < -0.4 is 5.32 Å². The fourth-order valence-corrected chi connectivity index (χ4v) is 3.22. The number of nitrogens with zero attached hydrogens (tertiary/aromatic N) is 1. The number of hydrogen-bond donors (Lipinski definition) is 1. The van der Waals surface area contributed by atoms with E-state index in [4.69, 9.17) is 4.74 Å². The quantitative estimate of drug-likeness (QED) is 0.665. The Bertz CT molecular complexity index is 999. The van der Waals surface area contributed by atoms with Crippen molar-refractivity contribution in [3.05, 3.63) is 77.0 Å². The Morgan fingerprint density at radius 3 is 2.46 bits per heavy atom. The normalized spacial score (nSPS) is 11.8. The topological polar surface area (TPSA) is 68.3 Å². The molecule has 0 radical (unpaired) electrons. The van der Waals surface area contributed by atoms with Crippen molar-refractivity contribution in [2.24, 2.45) is 0 Å². The highest BCUT2D eigenvalue weighted by Gasteiger charge is 2.23. The molecule has 3 aromatic rings. The summed E-state index contributed by atoms with van der Waals surface area (Å²) in [7, 11) is 0. The van der Waals surface area contributed by atoms with E-state index in [2.05, 4.69) is 10.3 Å². The maximum Gasteiger partial charge on any atom is 0.341 e. The van der Waals surface area contributed by atoms with Crippen molar-refractivity contribution in [3.63, 3.8) is 0 Å². The Labute approximate surface area is 164 Å². The number of amides is 1. The van der Waals surface area contributed by atoms with Gasteiger partial charge >= 0.3 is 5.97 Å². The summed E-state index contributed by atoms with van der Waals surface area (Å²) in [4.78, 5) is 29.5. The molecule has 0 aliphatic rings. The van der Waals surface area contributed by atoms with E-state index in [1.165, 1.54) is 0 Å². The molecule has 0 aliphatic carbocycles. The number of fused-ring (bicyclic) bond motifs is 1. The van der Waals surface area contributed by atoms with E-state index in [-0.39, 0.29) is 5.91 Å². The highest BCUT2D eigenvalue weighted by Crippen LogP contribution is 2.23. The van der Waals surface area contributed by atoms with Crippen LogP contribution in [0.4, 0.5) is 0 Å². The summed E-state index contributed by atoms with van der Waals surface area (Å²) in [5.74, 6) is -0.840. The van der Waals surface area contributed by atoms with Gasteiger partial charge in [-0.2, -0.15) is 0 Å². The van der Waals surface area contributed by atoms with Gasteiger partial charge in [-0.25, -0.2) is 4.79 Å². The van der Waals surface area contributed by atoms with Crippen LogP contribution in [0.1, 0.15) is 34.1 Å². The Morgan fingerprint density at radius 2 is 1.71 bits per heavy atom. The van der Waals surface area contributed by atoms with E-state index in [1.54, 1.807) is 13.8 Å². The van der Waals surface area contributed by atoms with Crippen LogP contribution in [0.5, 0.6) is 0 Å². The minimum atomic E-state index is -0.881. The van der Waals surface area contributed by atoms with Crippen LogP contribution in [0.15, 0.2) is 54.6 Å². The second-order valence-electron chi connectivity index (χ2n) is 6.79. The number of carbonyl (C=O) groups is 2. The summed E-state index contributed by atoms with van der Waals surface area (Å²) in [6, 6.07) is 17.5. The van der Waals surface area contributed by atoms with Gasteiger partial charge in [-0.15, -0.1) is 0 Å². The molecule has 0 saturated heterocycles. The largest absolute Gasteiger partial charge is 0.449 e. The first-order valence-corrected chi connectivity index (χ1v) is 9.36. The van der Waals surface area contributed by atoms with Crippen molar-refractivity contribution in [1.29, 1.82) is 0 Å². The van der Waals surface area contributed by atoms with E-state index in [9.17, 15) is 9.59 Å². The van der Waals surface area contributed by atoms with Gasteiger partial charge in [0.2, 0.25) is 0 Å². The average Bonchev–Trinajstić information content (AvgIpc) is 2.68. The van der Waals surface area contributed by atoms with Gasteiger partial charge in [0.15, 0.2) is 6.10 Å². The number of carbonyl (C=O) groups excluding carboxylic acids is 2. The van der Waals surface area contributed by atoms with Crippen molar-refractivity contribution >= 4 is 22.8 Å². The highest BCUT2D eigenvalue weighted by atomic mass is 16.5. The molecule has 1 N–H and O–H groups in total. The third-order valence-electron chi connectivity index (χ3n) is 4.75. The molecule has 2 aromatic carbocycles. The molecule has 0 bridgehead atoms. The van der Waals surface area contributed by atoms with Gasteiger partial charge in [0.25, 0.3) is 5.91 Å². The number of benzene rings is 2. The van der Waals surface area contributed by atoms with Crippen LogP contribution in [-0.4, -0.2) is 29.5 Å². The molecule has 28 heavy (non-hydrogen) atoms. The number of hydrogen-bond acceptors (Lipinski definition) is 4. The fraction of sp³-hybridized carbons (Fsp3) is 0.261. The summed E-state index contributed by atoms with van der Waals surface area (Å²) in [5.41, 5.74) is 3.80. The lowest BCUT2D eigenvalue weighted by Gasteiger charge is -2.16. The summed E-state index contributed by atoms with van der Waals surface area (Å²) < 4.78 is 5.42. The lowest BCUT2D eigenvalue weighted by Crippen LogP contribution is -2.37. The smallest absolute Gasteiger partial charge is 0.341 e. The zero-order valence-electron chi connectivity index (χ0n) is 16.4. The lowest BCUT2D eigenvalue weighted by atomic mass is 10.0. The van der Waals surface area contributed by atoms with E-state index in [1.807, 2.05) is 61.5 Å². The van der Waals surface area contributed by atoms with Crippen molar-refractivity contribution in [3.8, 4) is 0 Å². The zero-order valence-corrected chi connectivity index (χ0v) is 16.4. The number of esters is 1. The molecule has 0 aliphatic heterocycles. The molecule has 1 aromatic heterocycles. The third-order valence-corrected chi connectivity index (χ3v) is 4.75. The molecule has 5 heteroatoms. The molecule has 1 amide bonds. The molecule has 1 atom stereocenters. The number of pyridine rings is 1. The molecule has 0 fully saturated rings. The number of nitrogens with one attached hydrogen (secondary N) is 1. The lowest BCUT2D eigenvalue weighted by molar-refractivity contribution is -0.129. The first-order chi connectivity index (χ1) is 13.5. The monoisotopic (exact) mass is 376 g/mol. The number of aromatic nitrogens is 1. The summed E-state index contributed by atoms with van der Waals surface area (Å²) in [6.07, 6.45) is -0.159. The predicted molar refractivity (Wildman–Crippen MR) is 109 cm³/mol. The standard InChI is InChI=1S/C23H24N2O3/c1-15-19-11-7-8-12-20(19)25-16(2)21(15)23(27)28-17(3)22(26)24-14-13-18-9-5-4-6-10-18/h4-12,17H,13-14H2,1-3H3,(H,24,26). The zero-order chi connectivity index (χ0) is 20.1. The van der Waals surface area contributed by atoms with Gasteiger partial charge in [-0.05, 0) is 44.4 Å². The van der Waals surface area contributed by atoms with Crippen molar-refractivity contribution < 1.29 is 14.3 Å². The average molecular weight is 376 g/mol. The second-order valence-corrected chi connectivity index (χ2v) is 6.79. The van der Waals surface area contributed by atoms with E-state index < -0.39 is 12.1 Å². The molecule has 0 saturated carbocycles. The van der Waals surface area contributed by atoms with Crippen LogP contribution in [0, 0.1) is 13.8 Å². The van der Waals surface area contributed by atoms with Crippen LogP contribution in [-0.2, 0) is 16.0 Å². The SMILES string of the molecule is Cc1nc2ccccc2c(C)c1C(=O)OC(C)C(=O)NCCc1ccccc1. The maximum absolute atomic E-state index is 12.7. The molecule has 1 unspecified atom stereocenters. The molecule has 5 nitrogen and oxygen atoms in total. The molecule has 3 rings (SSSR count). The van der Waals surface area contributed by atoms with E-state index >= 15 is 0 Å².